The van der Waals surface area contributed by atoms with Crippen LogP contribution < -0.4 is 10.1 Å². The average Bonchev–Trinajstić information content (AvgIpc) is 3.30. The van der Waals surface area contributed by atoms with Gasteiger partial charge in [-0.25, -0.2) is 13.4 Å². The molecule has 0 amide bonds. The Morgan fingerprint density at radius 3 is 2.43 bits per heavy atom. The van der Waals surface area contributed by atoms with Crippen LogP contribution >= 0.6 is 0 Å². The third-order valence-electron chi connectivity index (χ3n) is 3.67. The number of benzene rings is 1. The summed E-state index contributed by atoms with van der Waals surface area (Å²) in [5.74, 6) is 0. The molecule has 21 heavy (non-hydrogen) atoms. The topological polar surface area (TPSA) is 70.7 Å². The van der Waals surface area contributed by atoms with Gasteiger partial charge in [-0.1, -0.05) is 12.1 Å². The van der Waals surface area contributed by atoms with Crippen molar-refractivity contribution in [3.63, 3.8) is 0 Å². The van der Waals surface area contributed by atoms with Gasteiger partial charge in [0.15, 0.2) is 0 Å². The second-order valence-electron chi connectivity index (χ2n) is 5.49. The minimum Gasteiger partial charge on any atom is -0.379 e. The van der Waals surface area contributed by atoms with Crippen molar-refractivity contribution in [2.45, 2.75) is 30.3 Å². The van der Waals surface area contributed by atoms with E-state index in [1.807, 2.05) is 12.1 Å². The van der Waals surface area contributed by atoms with Crippen molar-refractivity contribution < 1.29 is 13.2 Å². The molecule has 0 bridgehead atoms. The molecule has 2 fully saturated rings. The first-order valence-electron chi connectivity index (χ1n) is 7.31. The van der Waals surface area contributed by atoms with E-state index in [-0.39, 0.29) is 0 Å². The Kier molecular flexibility index (Phi) is 4.56. The Hall–Kier alpha value is -0.990. The lowest BCUT2D eigenvalue weighted by Gasteiger charge is -2.26. The number of ether oxygens (including phenoxy) is 1. The molecule has 0 radical (unpaired) electrons. The fraction of sp³-hybridized carbons (Fsp3) is 0.571. The van der Waals surface area contributed by atoms with Gasteiger partial charge in [0.25, 0.3) is 10.0 Å². The molecule has 0 spiro atoms. The molecule has 0 aromatic heterocycles. The summed E-state index contributed by atoms with van der Waals surface area (Å²) in [6.45, 7) is 3.04. The summed E-state index contributed by atoms with van der Waals surface area (Å²) in [4.78, 5) is 2.90. The van der Waals surface area contributed by atoms with Crippen molar-refractivity contribution in [2.75, 3.05) is 26.3 Å². The molecule has 1 heterocycles. The van der Waals surface area contributed by atoms with E-state index in [1.54, 1.807) is 17.1 Å². The first kappa shape index (κ1) is 14.9. The molecule has 6 nitrogen and oxygen atoms in total. The van der Waals surface area contributed by atoms with Crippen LogP contribution in [0.4, 0.5) is 0 Å². The van der Waals surface area contributed by atoms with Gasteiger partial charge in [-0.15, -0.1) is 4.83 Å². The van der Waals surface area contributed by atoms with Gasteiger partial charge < -0.3 is 10.1 Å². The molecule has 1 saturated heterocycles. The monoisotopic (exact) mass is 311 g/mol. The van der Waals surface area contributed by atoms with E-state index in [2.05, 4.69) is 10.1 Å². The quantitative estimate of drug-likeness (QED) is 0.799. The van der Waals surface area contributed by atoms with Crippen LogP contribution in [-0.4, -0.2) is 45.8 Å². The van der Waals surface area contributed by atoms with Crippen molar-refractivity contribution in [2.24, 2.45) is 0 Å². The summed E-state index contributed by atoms with van der Waals surface area (Å²) in [6, 6.07) is 7.70. The van der Waals surface area contributed by atoms with Gasteiger partial charge >= 0.3 is 0 Å². The molecule has 0 atom stereocenters. The van der Waals surface area contributed by atoms with Gasteiger partial charge in [-0.2, -0.15) is 0 Å². The maximum atomic E-state index is 12.3. The largest absolute Gasteiger partial charge is 0.379 e. The van der Waals surface area contributed by atoms with Crippen LogP contribution in [0, 0.1) is 0 Å². The van der Waals surface area contributed by atoms with Crippen molar-refractivity contribution in [1.29, 1.82) is 0 Å². The third-order valence-corrected chi connectivity index (χ3v) is 5.06. The molecule has 3 rings (SSSR count). The third kappa shape index (κ3) is 4.24. The summed E-state index contributed by atoms with van der Waals surface area (Å²) < 4.78 is 29.8. The number of hydrogen-bond donors (Lipinski definition) is 2. The van der Waals surface area contributed by atoms with Crippen LogP contribution in [0.5, 0.6) is 0 Å². The fourth-order valence-electron chi connectivity index (χ4n) is 2.21. The molecule has 2 N–H and O–H groups in total. The Bertz CT molecular complexity index is 564. The van der Waals surface area contributed by atoms with E-state index in [0.29, 0.717) is 37.2 Å². The highest BCUT2D eigenvalue weighted by Gasteiger charge is 2.21. The van der Waals surface area contributed by atoms with Gasteiger partial charge in [-0.3, -0.25) is 0 Å². The van der Waals surface area contributed by atoms with Gasteiger partial charge in [0.05, 0.1) is 18.1 Å². The molecule has 1 aromatic carbocycles. The van der Waals surface area contributed by atoms with Crippen LogP contribution in [0.3, 0.4) is 0 Å². The van der Waals surface area contributed by atoms with E-state index < -0.39 is 10.0 Å². The van der Waals surface area contributed by atoms with Crippen molar-refractivity contribution >= 4 is 10.0 Å². The highest BCUT2D eigenvalue weighted by atomic mass is 32.2. The van der Waals surface area contributed by atoms with Crippen molar-refractivity contribution in [3.8, 4) is 0 Å². The highest BCUT2D eigenvalue weighted by Crippen LogP contribution is 2.19. The van der Waals surface area contributed by atoms with E-state index in [9.17, 15) is 8.42 Å². The summed E-state index contributed by atoms with van der Waals surface area (Å²) in [5.41, 5.74) is 1.10. The average molecular weight is 311 g/mol. The lowest BCUT2D eigenvalue weighted by molar-refractivity contribution is 0.0272. The van der Waals surface area contributed by atoms with Crippen LogP contribution in [0.2, 0.25) is 0 Å². The molecular formula is C14H21N3O3S. The number of hydrazine groups is 1. The van der Waals surface area contributed by atoms with Crippen molar-refractivity contribution in [1.82, 2.24) is 15.2 Å². The van der Waals surface area contributed by atoms with Crippen molar-refractivity contribution in [3.05, 3.63) is 29.8 Å². The lowest BCUT2D eigenvalue weighted by atomic mass is 10.2. The number of nitrogens with one attached hydrogen (secondary N) is 2. The van der Waals surface area contributed by atoms with Gasteiger partial charge in [0.2, 0.25) is 0 Å². The molecule has 1 aliphatic carbocycles. The van der Waals surface area contributed by atoms with Gasteiger partial charge in [0, 0.05) is 25.7 Å². The Labute approximate surface area is 125 Å². The molecule has 116 valence electrons. The summed E-state index contributed by atoms with van der Waals surface area (Å²) in [7, 11) is -3.50. The minimum atomic E-state index is -3.50. The second-order valence-corrected chi connectivity index (χ2v) is 7.15. The normalized spacial score (nSPS) is 20.6. The molecular weight excluding hydrogens is 290 g/mol. The van der Waals surface area contributed by atoms with E-state index in [0.717, 1.165) is 12.1 Å². The first-order valence-corrected chi connectivity index (χ1v) is 8.79. The van der Waals surface area contributed by atoms with Crippen LogP contribution in [0.25, 0.3) is 0 Å². The molecule has 1 aliphatic heterocycles. The van der Waals surface area contributed by atoms with Crippen LogP contribution in [0.15, 0.2) is 29.2 Å². The first-order chi connectivity index (χ1) is 10.1. The minimum absolute atomic E-state index is 0.296. The Morgan fingerprint density at radius 1 is 1.14 bits per heavy atom. The Balaban J connectivity index is 1.60. The zero-order valence-electron chi connectivity index (χ0n) is 11.9. The highest BCUT2D eigenvalue weighted by molar-refractivity contribution is 7.89. The zero-order chi connectivity index (χ0) is 14.7. The molecule has 1 aromatic rings. The number of hydrogen-bond acceptors (Lipinski definition) is 5. The SMILES string of the molecule is O=S(=O)(NN1CCOCC1)c1ccc(CNC2CC2)cc1. The maximum absolute atomic E-state index is 12.3. The number of sulfonamides is 1. The second kappa shape index (κ2) is 6.41. The number of nitrogens with zero attached hydrogens (tertiary/aromatic N) is 1. The molecule has 7 heteroatoms. The molecule has 1 saturated carbocycles. The van der Waals surface area contributed by atoms with E-state index in [1.165, 1.54) is 12.8 Å². The zero-order valence-corrected chi connectivity index (χ0v) is 12.7. The number of rotatable bonds is 6. The fourth-order valence-corrected chi connectivity index (χ4v) is 3.34. The smallest absolute Gasteiger partial charge is 0.253 e. The predicted molar refractivity (Wildman–Crippen MR) is 79.0 cm³/mol. The summed E-state index contributed by atoms with van der Waals surface area (Å²) >= 11 is 0. The molecule has 0 unspecified atom stereocenters. The van der Waals surface area contributed by atoms with E-state index in [4.69, 9.17) is 4.74 Å². The van der Waals surface area contributed by atoms with Crippen LogP contribution in [-0.2, 0) is 21.3 Å². The summed E-state index contributed by atoms with van der Waals surface area (Å²) in [6.07, 6.45) is 2.49. The maximum Gasteiger partial charge on any atom is 0.253 e. The standard InChI is InChI=1S/C14H21N3O3S/c18-21(19,16-17-7-9-20-10-8-17)14-5-1-12(2-6-14)11-15-13-3-4-13/h1-2,5-6,13,15-16H,3-4,7-11H2. The van der Waals surface area contributed by atoms with Gasteiger partial charge in [0.1, 0.15) is 0 Å². The van der Waals surface area contributed by atoms with Crippen LogP contribution in [0.1, 0.15) is 18.4 Å². The number of morpholine rings is 1. The molecule has 2 aliphatic rings. The Morgan fingerprint density at radius 2 is 1.81 bits per heavy atom. The van der Waals surface area contributed by atoms with E-state index >= 15 is 0 Å². The summed E-state index contributed by atoms with van der Waals surface area (Å²) in [5, 5.41) is 5.09. The predicted octanol–water partition coefficient (Wildman–Crippen LogP) is 0.464. The van der Waals surface area contributed by atoms with Gasteiger partial charge in [-0.05, 0) is 30.5 Å². The lowest BCUT2D eigenvalue weighted by Crippen LogP contribution is -2.48.